The van der Waals surface area contributed by atoms with E-state index in [0.717, 1.165) is 24.4 Å². The molecule has 2 aliphatic rings. The lowest BCUT2D eigenvalue weighted by Gasteiger charge is -2.07. The third kappa shape index (κ3) is 2.55. The molecule has 0 spiro atoms. The van der Waals surface area contributed by atoms with Gasteiger partial charge in [-0.05, 0) is 43.0 Å². The highest BCUT2D eigenvalue weighted by Crippen LogP contribution is 2.32. The van der Waals surface area contributed by atoms with Gasteiger partial charge in [0.25, 0.3) is 5.89 Å². The van der Waals surface area contributed by atoms with Crippen molar-refractivity contribution in [3.05, 3.63) is 29.6 Å². The molecule has 0 saturated heterocycles. The molecule has 4 heteroatoms. The fourth-order valence-electron chi connectivity index (χ4n) is 3.49. The summed E-state index contributed by atoms with van der Waals surface area (Å²) in [5, 5.41) is 7.63. The molecule has 1 aliphatic heterocycles. The Kier molecular flexibility index (Phi) is 3.37. The topological polar surface area (TPSA) is 51.0 Å². The van der Waals surface area contributed by atoms with Crippen LogP contribution in [-0.2, 0) is 6.42 Å². The Morgan fingerprint density at radius 2 is 1.95 bits per heavy atom. The Bertz CT molecular complexity index is 627. The summed E-state index contributed by atoms with van der Waals surface area (Å²) in [5.74, 6) is 2.07. The molecule has 1 N–H and O–H groups in total. The van der Waals surface area contributed by atoms with E-state index in [-0.39, 0.29) is 0 Å². The van der Waals surface area contributed by atoms with Crippen LogP contribution in [0.5, 0.6) is 0 Å². The number of rotatable bonds is 2. The van der Waals surface area contributed by atoms with Gasteiger partial charge < -0.3 is 9.84 Å². The third-order valence-electron chi connectivity index (χ3n) is 4.72. The molecule has 4 nitrogen and oxygen atoms in total. The second-order valence-electron chi connectivity index (χ2n) is 6.19. The molecule has 0 atom stereocenters. The molecule has 0 bridgehead atoms. The van der Waals surface area contributed by atoms with E-state index < -0.39 is 0 Å². The molecule has 1 aromatic carbocycles. The largest absolute Gasteiger partial charge is 0.384 e. The van der Waals surface area contributed by atoms with Crippen molar-refractivity contribution in [2.45, 2.75) is 50.9 Å². The lowest BCUT2D eigenvalue weighted by atomic mass is 10.00. The summed E-state index contributed by atoms with van der Waals surface area (Å²) in [6.07, 6.45) is 8.75. The molecule has 0 amide bonds. The maximum absolute atomic E-state index is 5.52. The molecule has 1 fully saturated rings. The van der Waals surface area contributed by atoms with Crippen LogP contribution in [0.2, 0.25) is 0 Å². The van der Waals surface area contributed by atoms with Crippen LogP contribution < -0.4 is 5.32 Å². The summed E-state index contributed by atoms with van der Waals surface area (Å²) in [7, 11) is 0. The first kappa shape index (κ1) is 12.9. The van der Waals surface area contributed by atoms with E-state index in [9.17, 15) is 0 Å². The number of hydrogen-bond donors (Lipinski definition) is 1. The minimum absolute atomic E-state index is 0.487. The Morgan fingerprint density at radius 1 is 1.10 bits per heavy atom. The number of benzene rings is 1. The van der Waals surface area contributed by atoms with Crippen molar-refractivity contribution in [3.63, 3.8) is 0 Å². The van der Waals surface area contributed by atoms with Crippen LogP contribution in [-0.4, -0.2) is 16.7 Å². The minimum atomic E-state index is 0.487. The van der Waals surface area contributed by atoms with Crippen molar-refractivity contribution < 1.29 is 4.52 Å². The Balaban J connectivity index is 1.59. The molecule has 1 aliphatic carbocycles. The van der Waals surface area contributed by atoms with Crippen LogP contribution in [0, 0.1) is 0 Å². The highest BCUT2D eigenvalue weighted by atomic mass is 16.5. The van der Waals surface area contributed by atoms with Gasteiger partial charge in [-0.2, -0.15) is 4.98 Å². The number of nitrogens with one attached hydrogen (secondary N) is 1. The zero-order chi connectivity index (χ0) is 14.1. The summed E-state index contributed by atoms with van der Waals surface area (Å²) in [6, 6.07) is 6.37. The number of hydrogen-bond acceptors (Lipinski definition) is 4. The molecule has 21 heavy (non-hydrogen) atoms. The van der Waals surface area contributed by atoms with Gasteiger partial charge in [-0.3, -0.25) is 0 Å². The number of fused-ring (bicyclic) bond motifs is 1. The number of anilines is 1. The van der Waals surface area contributed by atoms with Crippen molar-refractivity contribution >= 4 is 5.69 Å². The van der Waals surface area contributed by atoms with Gasteiger partial charge in [-0.15, -0.1) is 0 Å². The van der Waals surface area contributed by atoms with E-state index in [0.29, 0.717) is 11.8 Å². The summed E-state index contributed by atoms with van der Waals surface area (Å²) in [4.78, 5) is 4.67. The molecule has 110 valence electrons. The molecular formula is C17H21N3O. The molecular weight excluding hydrogens is 262 g/mol. The van der Waals surface area contributed by atoms with Gasteiger partial charge in [0.15, 0.2) is 5.82 Å². The zero-order valence-electron chi connectivity index (χ0n) is 12.3. The van der Waals surface area contributed by atoms with Crippen LogP contribution >= 0.6 is 0 Å². The predicted octanol–water partition coefficient (Wildman–Crippen LogP) is 4.14. The van der Waals surface area contributed by atoms with E-state index in [2.05, 4.69) is 33.7 Å². The van der Waals surface area contributed by atoms with E-state index in [1.54, 1.807) is 0 Å². The molecule has 2 heterocycles. The van der Waals surface area contributed by atoms with Gasteiger partial charge in [0.1, 0.15) is 0 Å². The fourth-order valence-corrected chi connectivity index (χ4v) is 3.49. The van der Waals surface area contributed by atoms with Gasteiger partial charge in [0.2, 0.25) is 0 Å². The van der Waals surface area contributed by atoms with Gasteiger partial charge in [-0.25, -0.2) is 0 Å². The highest BCUT2D eigenvalue weighted by Gasteiger charge is 2.21. The van der Waals surface area contributed by atoms with Crippen LogP contribution in [0.15, 0.2) is 22.7 Å². The standard InChI is InChI=1S/C17H21N3O/c1-2-4-6-12(5-3-1)16-19-17(21-20-16)14-7-8-15-13(11-14)9-10-18-15/h7-8,11-12,18H,1-6,9-10H2. The second kappa shape index (κ2) is 5.51. The number of aromatic nitrogens is 2. The van der Waals surface area contributed by atoms with Crippen LogP contribution in [0.1, 0.15) is 55.8 Å². The minimum Gasteiger partial charge on any atom is -0.384 e. The zero-order valence-corrected chi connectivity index (χ0v) is 12.3. The van der Waals surface area contributed by atoms with Gasteiger partial charge >= 0.3 is 0 Å². The van der Waals surface area contributed by atoms with Crippen molar-refractivity contribution in [2.75, 3.05) is 11.9 Å². The van der Waals surface area contributed by atoms with Gasteiger partial charge in [-0.1, -0.05) is 30.8 Å². The van der Waals surface area contributed by atoms with Crippen molar-refractivity contribution in [1.29, 1.82) is 0 Å². The Hall–Kier alpha value is -1.84. The quantitative estimate of drug-likeness (QED) is 0.841. The molecule has 0 unspecified atom stereocenters. The average molecular weight is 283 g/mol. The normalized spacial score (nSPS) is 19.0. The SMILES string of the molecule is c1cc2c(cc1-c1nc(C3CCCCCC3)no1)CCN2. The maximum atomic E-state index is 5.52. The van der Waals surface area contributed by atoms with Crippen LogP contribution in [0.25, 0.3) is 11.5 Å². The summed E-state index contributed by atoms with van der Waals surface area (Å²) in [5.41, 5.74) is 3.63. The fraction of sp³-hybridized carbons (Fsp3) is 0.529. The maximum Gasteiger partial charge on any atom is 0.257 e. The number of nitrogens with zero attached hydrogens (tertiary/aromatic N) is 2. The van der Waals surface area contributed by atoms with Crippen molar-refractivity contribution in [2.24, 2.45) is 0 Å². The average Bonchev–Trinajstić information content (AvgIpc) is 3.10. The lowest BCUT2D eigenvalue weighted by Crippen LogP contribution is -1.99. The first-order valence-electron chi connectivity index (χ1n) is 8.11. The molecule has 0 radical (unpaired) electrons. The third-order valence-corrected chi connectivity index (χ3v) is 4.72. The molecule has 4 rings (SSSR count). The van der Waals surface area contributed by atoms with Crippen LogP contribution in [0.3, 0.4) is 0 Å². The summed E-state index contributed by atoms with van der Waals surface area (Å²) < 4.78 is 5.52. The van der Waals surface area contributed by atoms with Crippen LogP contribution in [0.4, 0.5) is 5.69 Å². The monoisotopic (exact) mass is 283 g/mol. The second-order valence-corrected chi connectivity index (χ2v) is 6.19. The molecule has 1 aromatic heterocycles. The van der Waals surface area contributed by atoms with E-state index in [1.165, 1.54) is 49.8 Å². The summed E-state index contributed by atoms with van der Waals surface area (Å²) in [6.45, 7) is 1.02. The van der Waals surface area contributed by atoms with E-state index in [1.807, 2.05) is 0 Å². The van der Waals surface area contributed by atoms with Crippen molar-refractivity contribution in [3.8, 4) is 11.5 Å². The van der Waals surface area contributed by atoms with E-state index in [4.69, 9.17) is 4.52 Å². The first-order valence-corrected chi connectivity index (χ1v) is 8.11. The van der Waals surface area contributed by atoms with Crippen molar-refractivity contribution in [1.82, 2.24) is 10.1 Å². The molecule has 2 aromatic rings. The summed E-state index contributed by atoms with van der Waals surface area (Å²) >= 11 is 0. The van der Waals surface area contributed by atoms with E-state index >= 15 is 0 Å². The highest BCUT2D eigenvalue weighted by molar-refractivity contribution is 5.64. The Morgan fingerprint density at radius 3 is 2.81 bits per heavy atom. The first-order chi connectivity index (χ1) is 10.4. The molecule has 1 saturated carbocycles. The predicted molar refractivity (Wildman–Crippen MR) is 82.4 cm³/mol. The smallest absolute Gasteiger partial charge is 0.257 e. The lowest BCUT2D eigenvalue weighted by molar-refractivity contribution is 0.410. The Labute approximate surface area is 124 Å². The van der Waals surface area contributed by atoms with Gasteiger partial charge in [0, 0.05) is 23.7 Å². The van der Waals surface area contributed by atoms with Gasteiger partial charge in [0.05, 0.1) is 0 Å².